The van der Waals surface area contributed by atoms with E-state index < -0.39 is 82.5 Å². The number of piperazine rings is 1. The second kappa shape index (κ2) is 22.1. The molecule has 20 heteroatoms. The number of fused-ring (bicyclic) bond motifs is 14. The molecular weight excluding hydrogens is 999 g/mol. The molecule has 4 aliphatic heterocycles. The number of hydrogen-bond donors (Lipinski definition) is 7. The highest BCUT2D eigenvalue weighted by atomic mass is 19.1. The van der Waals surface area contributed by atoms with Gasteiger partial charge in [-0.1, -0.05) is 51.1 Å². The SMILES string of the molecule is C/C1=C/C=C/C(C)C[C@@H](C)C(O)CC(O)C(C)C/C=C/OC2Oc3c(C)c(O)c4c(=O)c(c5oc6cc(N7CCN(c8ccc(F)cc8NC(=O)CNC(=O)c8ccccc8F)CC7)cc(=O)c6nc5c4c3=C2O)NC1=O. The Balaban J connectivity index is 1.07. The Kier molecular flexibility index (Phi) is 15.3. The molecule has 1 aromatic heterocycles. The molecule has 77 heavy (non-hydrogen) atoms. The molecule has 0 spiro atoms. The van der Waals surface area contributed by atoms with Crippen molar-refractivity contribution in [3.63, 3.8) is 0 Å². The summed E-state index contributed by atoms with van der Waals surface area (Å²) >= 11 is 0. The average Bonchev–Trinajstić information content (AvgIpc) is 3.76. The van der Waals surface area contributed by atoms with Gasteiger partial charge in [-0.3, -0.25) is 24.0 Å². The minimum Gasteiger partial charge on any atom is -0.507 e. The molecule has 6 aromatic rings. The molecule has 1 saturated heterocycles. The monoisotopic (exact) mass is 1060 g/mol. The molecule has 5 aromatic carbocycles. The van der Waals surface area contributed by atoms with Crippen molar-refractivity contribution in [3.8, 4) is 11.5 Å². The third-order valence-corrected chi connectivity index (χ3v) is 14.4. The number of halogens is 2. The first-order valence-electron chi connectivity index (χ1n) is 25.3. The maximum Gasteiger partial charge on any atom is 0.299 e. The summed E-state index contributed by atoms with van der Waals surface area (Å²) in [5.74, 6) is -5.14. The van der Waals surface area contributed by atoms with E-state index >= 15 is 0 Å². The van der Waals surface area contributed by atoms with Crippen molar-refractivity contribution in [2.75, 3.05) is 53.2 Å². The largest absolute Gasteiger partial charge is 0.507 e. The Morgan fingerprint density at radius 3 is 2.36 bits per heavy atom. The smallest absolute Gasteiger partial charge is 0.299 e. The van der Waals surface area contributed by atoms with E-state index in [2.05, 4.69) is 16.0 Å². The molecule has 5 unspecified atom stereocenters. The van der Waals surface area contributed by atoms with Crippen molar-refractivity contribution in [1.29, 1.82) is 0 Å². The zero-order chi connectivity index (χ0) is 55.0. The number of ether oxygens (including phenoxy) is 2. The molecular formula is C57H58F2N6O12. The van der Waals surface area contributed by atoms with Crippen molar-refractivity contribution < 1.29 is 57.5 Å². The van der Waals surface area contributed by atoms with Crippen LogP contribution in [0.25, 0.3) is 38.7 Å². The number of aliphatic hydroxyl groups excluding tert-OH is 3. The van der Waals surface area contributed by atoms with Crippen molar-refractivity contribution in [2.24, 2.45) is 17.8 Å². The topological polar surface area (TPSA) is 253 Å². The van der Waals surface area contributed by atoms with Crippen molar-refractivity contribution in [2.45, 2.75) is 72.4 Å². The van der Waals surface area contributed by atoms with E-state index in [1.54, 1.807) is 24.3 Å². The van der Waals surface area contributed by atoms with Crippen molar-refractivity contribution in [3.05, 3.63) is 139 Å². The zero-order valence-corrected chi connectivity index (χ0v) is 42.9. The molecule has 1 fully saturated rings. The number of allylic oxidation sites excluding steroid dienone is 4. The van der Waals surface area contributed by atoms with Crippen LogP contribution in [0.15, 0.2) is 105 Å². The van der Waals surface area contributed by atoms with E-state index in [1.807, 2.05) is 36.6 Å². The number of phenolic OH excluding ortho intramolecular Hbond substituents is 1. The molecule has 3 amide bonds. The number of aromatic nitrogens is 1. The lowest BCUT2D eigenvalue weighted by Gasteiger charge is -2.38. The molecule has 0 saturated carbocycles. The van der Waals surface area contributed by atoms with Crippen LogP contribution in [0.2, 0.25) is 0 Å². The number of anilines is 4. The predicted molar refractivity (Wildman–Crippen MR) is 287 cm³/mol. The molecule has 7 N–H and O–H groups in total. The molecule has 5 heterocycles. The van der Waals surface area contributed by atoms with Crippen molar-refractivity contribution >= 4 is 79.2 Å². The molecule has 402 valence electrons. The lowest BCUT2D eigenvalue weighted by molar-refractivity contribution is -0.115. The molecule has 6 atom stereocenters. The molecule has 5 bridgehead atoms. The highest BCUT2D eigenvalue weighted by molar-refractivity contribution is 6.17. The van der Waals surface area contributed by atoms with Crippen LogP contribution in [0.4, 0.5) is 31.5 Å². The molecule has 0 radical (unpaired) electrons. The van der Waals surface area contributed by atoms with Crippen LogP contribution in [-0.4, -0.2) is 94.4 Å². The summed E-state index contributed by atoms with van der Waals surface area (Å²) in [5.41, 5.74) is -1.56. The third kappa shape index (κ3) is 10.9. The Morgan fingerprint density at radius 2 is 1.61 bits per heavy atom. The maximum absolute atomic E-state index is 14.9. The standard InChI is InChI=1S/C57H58F2N6O12/c1-28-10-8-11-30(3)55(73)63-49-51(71)45-44(46-52(72)57(77-53(46)32(5)50(45)70)75-21-9-12-29(2)39(66)26-40(67)31(4)22-28)48-54(49)76-42-25-34(24-41(68)47(42)62-48)64-17-19-65(20-18-64)38-16-15-33(58)23-37(38)61-43(69)27-60-56(74)35-13-6-7-14-36(35)59/h6-11,13-16,21,23-25,28-29,31,39-40,57,66-67,70,72H,12,17-20,22,26-27H2,1-5H3,(H,60,74)(H,61,69)(H,63,73)/b10-8+,21-9+,30-11-/t28?,29?,31-,39?,40?,57?/m1/s1. The number of carbonyl (C=O) groups is 3. The van der Waals surface area contributed by atoms with E-state index in [4.69, 9.17) is 18.9 Å². The van der Waals surface area contributed by atoms with E-state index in [0.29, 0.717) is 50.4 Å². The first-order valence-corrected chi connectivity index (χ1v) is 25.3. The summed E-state index contributed by atoms with van der Waals surface area (Å²) in [6, 6.07) is 12.1. The van der Waals surface area contributed by atoms with Gasteiger partial charge in [-0.2, -0.15) is 0 Å². The Labute approximate surface area is 439 Å². The van der Waals surface area contributed by atoms with Crippen LogP contribution < -0.4 is 46.6 Å². The Morgan fingerprint density at radius 1 is 0.883 bits per heavy atom. The quantitative estimate of drug-likeness (QED) is 0.0675. The number of aromatic hydroxyl groups is 1. The molecule has 10 rings (SSSR count). The van der Waals surface area contributed by atoms with E-state index in [-0.39, 0.29) is 90.5 Å². The minimum atomic E-state index is -1.47. The van der Waals surface area contributed by atoms with Crippen LogP contribution in [0, 0.1) is 36.3 Å². The van der Waals surface area contributed by atoms with Crippen LogP contribution in [0.5, 0.6) is 11.5 Å². The normalized spacial score (nSPS) is 23.1. The number of nitrogens with one attached hydrogen (secondary N) is 3. The number of carbonyl (C=O) groups excluding carboxylic acids is 3. The van der Waals surface area contributed by atoms with E-state index in [0.717, 1.165) is 12.1 Å². The lowest BCUT2D eigenvalue weighted by Crippen LogP contribution is -2.47. The van der Waals surface area contributed by atoms with Crippen LogP contribution in [0.3, 0.4) is 0 Å². The average molecular weight is 1060 g/mol. The van der Waals surface area contributed by atoms with Gasteiger partial charge in [-0.15, -0.1) is 0 Å². The highest BCUT2D eigenvalue weighted by Gasteiger charge is 2.35. The van der Waals surface area contributed by atoms with Gasteiger partial charge in [0.15, 0.2) is 22.4 Å². The van der Waals surface area contributed by atoms with Gasteiger partial charge < -0.3 is 60.1 Å². The fourth-order valence-electron chi connectivity index (χ4n) is 9.95. The lowest BCUT2D eigenvalue weighted by atomic mass is 9.87. The number of phenols is 1. The van der Waals surface area contributed by atoms with Crippen LogP contribution in [-0.2, 0) is 14.3 Å². The van der Waals surface area contributed by atoms with Gasteiger partial charge in [0.25, 0.3) is 18.1 Å². The zero-order valence-electron chi connectivity index (χ0n) is 42.9. The van der Waals surface area contributed by atoms with E-state index in [1.165, 1.54) is 56.5 Å². The number of rotatable bonds is 6. The fourth-order valence-corrected chi connectivity index (χ4v) is 9.95. The first-order chi connectivity index (χ1) is 36.8. The summed E-state index contributed by atoms with van der Waals surface area (Å²) in [5, 5.41) is 52.7. The molecule has 4 aliphatic rings. The van der Waals surface area contributed by atoms with E-state index in [9.17, 15) is 53.2 Å². The van der Waals surface area contributed by atoms with Crippen LogP contribution in [0.1, 0.15) is 62.9 Å². The molecule has 0 aliphatic carbocycles. The van der Waals surface area contributed by atoms with Crippen molar-refractivity contribution in [1.82, 2.24) is 10.3 Å². The van der Waals surface area contributed by atoms with Gasteiger partial charge in [-0.05, 0) is 87.3 Å². The predicted octanol–water partition coefficient (Wildman–Crippen LogP) is 6.73. The summed E-state index contributed by atoms with van der Waals surface area (Å²) in [6.45, 7) is 9.45. The first kappa shape index (κ1) is 53.5. The number of hydrogen-bond acceptors (Lipinski definition) is 15. The Bertz CT molecular complexity index is 3630. The summed E-state index contributed by atoms with van der Waals surface area (Å²) in [4.78, 5) is 77.2. The number of nitrogens with zero attached hydrogens (tertiary/aromatic N) is 3. The maximum atomic E-state index is 14.9. The second-order valence-corrected chi connectivity index (χ2v) is 20.0. The third-order valence-electron chi connectivity index (χ3n) is 14.4. The molecule has 18 nitrogen and oxygen atoms in total. The Hall–Kier alpha value is -8.36. The summed E-state index contributed by atoms with van der Waals surface area (Å²) < 4.78 is 47.2. The highest BCUT2D eigenvalue weighted by Crippen LogP contribution is 2.40. The van der Waals surface area contributed by atoms with Gasteiger partial charge >= 0.3 is 0 Å². The van der Waals surface area contributed by atoms with Gasteiger partial charge in [0.05, 0.1) is 52.6 Å². The van der Waals surface area contributed by atoms with Crippen LogP contribution >= 0.6 is 0 Å². The van der Waals surface area contributed by atoms with Gasteiger partial charge in [0, 0.05) is 60.5 Å². The van der Waals surface area contributed by atoms with Gasteiger partial charge in [0.2, 0.25) is 16.8 Å². The second-order valence-electron chi connectivity index (χ2n) is 20.0. The fraction of sp³-hybridized carbons (Fsp3) is 0.333. The summed E-state index contributed by atoms with van der Waals surface area (Å²) in [7, 11) is 0. The van der Waals surface area contributed by atoms with Gasteiger partial charge in [-0.25, -0.2) is 13.8 Å². The number of amides is 3. The number of benzene rings is 5. The summed E-state index contributed by atoms with van der Waals surface area (Å²) in [6.07, 6.45) is 6.04. The van der Waals surface area contributed by atoms with Gasteiger partial charge in [0.1, 0.15) is 34.3 Å². The minimum absolute atomic E-state index is 0.0308. The number of aliphatic hydroxyl groups is 3.